The Morgan fingerprint density at radius 1 is 1.04 bits per heavy atom. The number of benzene rings is 2. The Morgan fingerprint density at radius 3 is 2.44 bits per heavy atom. The van der Waals surface area contributed by atoms with E-state index < -0.39 is 16.0 Å². The van der Waals surface area contributed by atoms with E-state index >= 15 is 0 Å². The molecule has 2 rings (SSSR count). The van der Waals surface area contributed by atoms with Gasteiger partial charge in [0, 0.05) is 6.08 Å². The van der Waals surface area contributed by atoms with Crippen LogP contribution in [0.25, 0.3) is 6.08 Å². The van der Waals surface area contributed by atoms with E-state index in [-0.39, 0.29) is 4.90 Å². The lowest BCUT2D eigenvalue weighted by Gasteiger charge is -2.10. The lowest BCUT2D eigenvalue weighted by molar-refractivity contribution is -0.137. The molecule has 0 amide bonds. The van der Waals surface area contributed by atoms with Crippen LogP contribution in [0.1, 0.15) is 12.5 Å². The second-order valence-corrected chi connectivity index (χ2v) is 6.66. The van der Waals surface area contributed by atoms with Crippen molar-refractivity contribution in [3.05, 3.63) is 78.4 Å². The van der Waals surface area contributed by atoms with Crippen molar-refractivity contribution in [3.63, 3.8) is 0 Å². The fraction of sp³-hybridized carbons (Fsp3) is 0.105. The number of carbonyl (C=O) groups is 1. The Hall–Kier alpha value is -2.86. The van der Waals surface area contributed by atoms with Gasteiger partial charge in [0.15, 0.2) is 0 Å². The summed E-state index contributed by atoms with van der Waals surface area (Å²) >= 11 is 0. The van der Waals surface area contributed by atoms with Gasteiger partial charge >= 0.3 is 5.97 Å². The highest BCUT2D eigenvalue weighted by atomic mass is 32.2. The van der Waals surface area contributed by atoms with Crippen molar-refractivity contribution in [3.8, 4) is 0 Å². The third kappa shape index (κ3) is 5.61. The van der Waals surface area contributed by atoms with Gasteiger partial charge in [-0.1, -0.05) is 54.6 Å². The predicted molar refractivity (Wildman–Crippen MR) is 98.5 cm³/mol. The van der Waals surface area contributed by atoms with Crippen LogP contribution in [0.3, 0.4) is 0 Å². The molecule has 0 atom stereocenters. The molecule has 1 N–H and O–H groups in total. The number of ether oxygens (including phenoxy) is 1. The second kappa shape index (κ2) is 8.84. The van der Waals surface area contributed by atoms with Crippen molar-refractivity contribution in [2.24, 2.45) is 0 Å². The smallest absolute Gasteiger partial charge is 0.330 e. The molecule has 2 aromatic rings. The number of anilines is 1. The van der Waals surface area contributed by atoms with Crippen LogP contribution in [-0.2, 0) is 19.6 Å². The number of rotatable bonds is 7. The number of carbonyl (C=O) groups excluding carboxylic acids is 1. The number of hydrogen-bond donors (Lipinski definition) is 1. The van der Waals surface area contributed by atoms with E-state index in [4.69, 9.17) is 4.74 Å². The van der Waals surface area contributed by atoms with Gasteiger partial charge in [-0.05, 0) is 30.7 Å². The molecule has 0 spiro atoms. The van der Waals surface area contributed by atoms with Gasteiger partial charge in [0.05, 0.1) is 17.2 Å². The van der Waals surface area contributed by atoms with Gasteiger partial charge in [-0.15, -0.1) is 0 Å². The maximum Gasteiger partial charge on any atom is 0.330 e. The van der Waals surface area contributed by atoms with Crippen molar-refractivity contribution in [2.75, 3.05) is 11.3 Å². The zero-order valence-electron chi connectivity index (χ0n) is 13.8. The Labute approximate surface area is 147 Å². The highest BCUT2D eigenvalue weighted by molar-refractivity contribution is 7.92. The number of sulfonamides is 1. The molecule has 0 saturated carbocycles. The van der Waals surface area contributed by atoms with Crippen LogP contribution < -0.4 is 4.72 Å². The Balaban J connectivity index is 2.17. The summed E-state index contributed by atoms with van der Waals surface area (Å²) in [5, 5.41) is 0. The third-order valence-corrected chi connectivity index (χ3v) is 4.55. The molecule has 5 nitrogen and oxygen atoms in total. The lowest BCUT2D eigenvalue weighted by Crippen LogP contribution is -2.13. The van der Waals surface area contributed by atoms with Crippen molar-refractivity contribution in [1.82, 2.24) is 0 Å². The molecule has 25 heavy (non-hydrogen) atoms. The van der Waals surface area contributed by atoms with Crippen LogP contribution in [-0.4, -0.2) is 21.0 Å². The topological polar surface area (TPSA) is 72.5 Å². The molecule has 0 aliphatic rings. The summed E-state index contributed by atoms with van der Waals surface area (Å²) in [6.07, 6.45) is 6.20. The first kappa shape index (κ1) is 18.5. The van der Waals surface area contributed by atoms with Crippen LogP contribution in [0.5, 0.6) is 0 Å². The molecule has 0 aliphatic heterocycles. The average Bonchev–Trinajstić information content (AvgIpc) is 2.61. The quantitative estimate of drug-likeness (QED) is 0.467. The minimum atomic E-state index is -3.66. The lowest BCUT2D eigenvalue weighted by atomic mass is 10.1. The fourth-order valence-corrected chi connectivity index (χ4v) is 3.13. The van der Waals surface area contributed by atoms with Crippen molar-refractivity contribution in [1.29, 1.82) is 0 Å². The maximum atomic E-state index is 12.4. The van der Waals surface area contributed by atoms with Crippen molar-refractivity contribution < 1.29 is 17.9 Å². The second-order valence-electron chi connectivity index (χ2n) is 4.98. The van der Waals surface area contributed by atoms with Crippen LogP contribution in [0.2, 0.25) is 0 Å². The van der Waals surface area contributed by atoms with Crippen LogP contribution in [0, 0.1) is 0 Å². The molecule has 0 heterocycles. The highest BCUT2D eigenvalue weighted by Gasteiger charge is 2.14. The molecule has 0 bridgehead atoms. The van der Waals surface area contributed by atoms with Crippen LogP contribution in [0.4, 0.5) is 5.69 Å². The largest absolute Gasteiger partial charge is 0.463 e. The van der Waals surface area contributed by atoms with Gasteiger partial charge < -0.3 is 4.74 Å². The molecule has 0 radical (unpaired) electrons. The molecule has 0 aliphatic carbocycles. The first-order valence-corrected chi connectivity index (χ1v) is 9.19. The zero-order chi connectivity index (χ0) is 18.1. The first-order chi connectivity index (χ1) is 12.0. The number of allylic oxidation sites excluding steroid dienone is 2. The summed E-state index contributed by atoms with van der Waals surface area (Å²) in [7, 11) is -3.66. The van der Waals surface area contributed by atoms with Gasteiger partial charge in [0.1, 0.15) is 0 Å². The Morgan fingerprint density at radius 2 is 1.72 bits per heavy atom. The van der Waals surface area contributed by atoms with Gasteiger partial charge in [0.2, 0.25) is 0 Å². The van der Waals surface area contributed by atoms with Crippen molar-refractivity contribution >= 4 is 27.8 Å². The van der Waals surface area contributed by atoms with E-state index in [1.165, 1.54) is 18.2 Å². The van der Waals surface area contributed by atoms with E-state index in [0.29, 0.717) is 17.9 Å². The molecule has 0 saturated heterocycles. The summed E-state index contributed by atoms with van der Waals surface area (Å²) in [5.74, 6) is -0.426. The molecule has 0 aromatic heterocycles. The summed E-state index contributed by atoms with van der Waals surface area (Å²) in [4.78, 5) is 11.4. The predicted octanol–water partition coefficient (Wildman–Crippen LogP) is 3.62. The molecular weight excluding hydrogens is 338 g/mol. The standard InChI is InChI=1S/C19H19NO4S/c1-2-24-19(21)15-9-7-11-16-10-6-8-14-18(16)20-25(22,23)17-12-4-3-5-13-17/h3-15,20H,2H2,1H3/b11-7+,15-9+. The maximum absolute atomic E-state index is 12.4. The normalized spacial score (nSPS) is 11.7. The summed E-state index contributed by atoms with van der Waals surface area (Å²) in [6.45, 7) is 2.05. The van der Waals surface area contributed by atoms with E-state index in [2.05, 4.69) is 4.72 Å². The monoisotopic (exact) mass is 357 g/mol. The van der Waals surface area contributed by atoms with Gasteiger partial charge in [-0.2, -0.15) is 0 Å². The first-order valence-electron chi connectivity index (χ1n) is 7.71. The van der Waals surface area contributed by atoms with Crippen LogP contribution in [0.15, 0.2) is 77.7 Å². The highest BCUT2D eigenvalue weighted by Crippen LogP contribution is 2.21. The van der Waals surface area contributed by atoms with E-state index in [0.717, 1.165) is 0 Å². The van der Waals surface area contributed by atoms with Crippen LogP contribution >= 0.6 is 0 Å². The zero-order valence-corrected chi connectivity index (χ0v) is 14.6. The van der Waals surface area contributed by atoms with E-state index in [1.54, 1.807) is 67.6 Å². The van der Waals surface area contributed by atoms with Gasteiger partial charge in [0.25, 0.3) is 10.0 Å². The van der Waals surface area contributed by atoms with Gasteiger partial charge in [-0.3, -0.25) is 4.72 Å². The molecule has 0 fully saturated rings. The Kier molecular flexibility index (Phi) is 6.54. The molecule has 130 valence electrons. The Bertz CT molecular complexity index is 871. The van der Waals surface area contributed by atoms with Gasteiger partial charge in [-0.25, -0.2) is 13.2 Å². The minimum absolute atomic E-state index is 0.191. The van der Waals surface area contributed by atoms with E-state index in [9.17, 15) is 13.2 Å². The molecule has 6 heteroatoms. The minimum Gasteiger partial charge on any atom is -0.463 e. The van der Waals surface area contributed by atoms with E-state index in [1.807, 2.05) is 0 Å². The number of hydrogen-bond acceptors (Lipinski definition) is 4. The molecule has 0 unspecified atom stereocenters. The third-order valence-electron chi connectivity index (χ3n) is 3.16. The molecular formula is C19H19NO4S. The van der Waals surface area contributed by atoms with Crippen molar-refractivity contribution in [2.45, 2.75) is 11.8 Å². The number of esters is 1. The molecule has 2 aromatic carbocycles. The summed E-state index contributed by atoms with van der Waals surface area (Å²) in [5.41, 5.74) is 1.13. The SMILES string of the molecule is CCOC(=O)/C=C/C=C/c1ccccc1NS(=O)(=O)c1ccccc1. The number of para-hydroxylation sites is 1. The fourth-order valence-electron chi connectivity index (χ4n) is 2.02. The summed E-state index contributed by atoms with van der Waals surface area (Å²) in [6, 6.07) is 15.1. The summed E-state index contributed by atoms with van der Waals surface area (Å²) < 4.78 is 32.2. The average molecular weight is 357 g/mol. The number of nitrogens with one attached hydrogen (secondary N) is 1.